The Balaban J connectivity index is 1.61. The zero-order valence-electron chi connectivity index (χ0n) is 13.7. The summed E-state index contributed by atoms with van der Waals surface area (Å²) in [4.78, 5) is 15.7. The van der Waals surface area contributed by atoms with E-state index in [4.69, 9.17) is 20.4 Å². The lowest BCUT2D eigenvalue weighted by Crippen LogP contribution is -2.22. The lowest BCUT2D eigenvalue weighted by atomic mass is 10.2. The molecule has 0 N–H and O–H groups in total. The summed E-state index contributed by atoms with van der Waals surface area (Å²) in [5, 5.41) is 12.4. The molecule has 2 aromatic heterocycles. The number of hydrogen-bond donors (Lipinski definition) is 0. The van der Waals surface area contributed by atoms with Gasteiger partial charge in [-0.25, -0.2) is 4.98 Å². The summed E-state index contributed by atoms with van der Waals surface area (Å²) in [6, 6.07) is 17.8. The van der Waals surface area contributed by atoms with Crippen LogP contribution < -0.4 is 5.11 Å². The van der Waals surface area contributed by atoms with Crippen LogP contribution in [-0.2, 0) is 4.79 Å². The van der Waals surface area contributed by atoms with Crippen LogP contribution in [0.2, 0.25) is 5.02 Å². The van der Waals surface area contributed by atoms with E-state index in [1.807, 2.05) is 24.3 Å². The standard InChI is InChI=1S/C20H12ClNO4S/c21-13-7-5-12(6-8-13)16-10-9-14(25-16)11-18(19(23)24)27-20-22-15-3-1-2-4-17(15)26-20/h1-11H,(H,23,24)/p-1/b18-11+. The summed E-state index contributed by atoms with van der Waals surface area (Å²) in [6.45, 7) is 0. The number of halogens is 1. The minimum Gasteiger partial charge on any atom is -0.544 e. The zero-order valence-corrected chi connectivity index (χ0v) is 15.3. The van der Waals surface area contributed by atoms with Crippen LogP contribution in [0.15, 0.2) is 79.6 Å². The fraction of sp³-hybridized carbons (Fsp3) is 0. The lowest BCUT2D eigenvalue weighted by Gasteiger charge is -2.04. The van der Waals surface area contributed by atoms with Gasteiger partial charge < -0.3 is 18.7 Å². The summed E-state index contributed by atoms with van der Waals surface area (Å²) in [6.07, 6.45) is 1.38. The third kappa shape index (κ3) is 3.92. The van der Waals surface area contributed by atoms with Crippen molar-refractivity contribution in [1.82, 2.24) is 4.98 Å². The molecular weight excluding hydrogens is 386 g/mol. The van der Waals surface area contributed by atoms with Gasteiger partial charge in [0.15, 0.2) is 5.58 Å². The van der Waals surface area contributed by atoms with E-state index in [1.54, 1.807) is 36.4 Å². The molecule has 0 amide bonds. The van der Waals surface area contributed by atoms with Gasteiger partial charge in [-0.3, -0.25) is 0 Å². The van der Waals surface area contributed by atoms with Crippen LogP contribution in [0, 0.1) is 0 Å². The van der Waals surface area contributed by atoms with Crippen LogP contribution in [0.1, 0.15) is 5.76 Å². The van der Waals surface area contributed by atoms with Crippen molar-refractivity contribution in [3.05, 3.63) is 76.4 Å². The van der Waals surface area contributed by atoms with Crippen LogP contribution in [0.25, 0.3) is 28.5 Å². The normalized spacial score (nSPS) is 11.8. The molecule has 0 unspecified atom stereocenters. The Morgan fingerprint density at radius 3 is 2.56 bits per heavy atom. The summed E-state index contributed by atoms with van der Waals surface area (Å²) in [5.74, 6) is -0.364. The van der Waals surface area contributed by atoms with Gasteiger partial charge in [0.1, 0.15) is 17.0 Å². The first-order chi connectivity index (χ1) is 13.1. The van der Waals surface area contributed by atoms with E-state index in [9.17, 15) is 9.90 Å². The number of aromatic nitrogens is 1. The van der Waals surface area contributed by atoms with E-state index in [2.05, 4.69) is 4.98 Å². The van der Waals surface area contributed by atoms with Gasteiger partial charge >= 0.3 is 0 Å². The number of thioether (sulfide) groups is 1. The van der Waals surface area contributed by atoms with Crippen LogP contribution in [0.4, 0.5) is 0 Å². The van der Waals surface area contributed by atoms with E-state index < -0.39 is 5.97 Å². The second-order valence-electron chi connectivity index (χ2n) is 5.55. The summed E-state index contributed by atoms with van der Waals surface area (Å²) < 4.78 is 11.3. The van der Waals surface area contributed by atoms with Crippen LogP contribution in [-0.4, -0.2) is 11.0 Å². The number of carboxylic acids is 1. The third-order valence-corrected chi connectivity index (χ3v) is 4.81. The lowest BCUT2D eigenvalue weighted by molar-refractivity contribution is -0.298. The maximum absolute atomic E-state index is 11.5. The van der Waals surface area contributed by atoms with Gasteiger partial charge in [0.2, 0.25) is 0 Å². The monoisotopic (exact) mass is 396 g/mol. The number of rotatable bonds is 5. The average molecular weight is 397 g/mol. The van der Waals surface area contributed by atoms with Crippen molar-refractivity contribution in [2.45, 2.75) is 5.22 Å². The minimum atomic E-state index is -1.34. The number of furan rings is 1. The molecule has 2 heterocycles. The Morgan fingerprint density at radius 1 is 1.04 bits per heavy atom. The van der Waals surface area contributed by atoms with E-state index in [0.29, 0.717) is 27.6 Å². The fourth-order valence-electron chi connectivity index (χ4n) is 2.45. The molecule has 0 radical (unpaired) electrons. The Hall–Kier alpha value is -2.96. The largest absolute Gasteiger partial charge is 0.544 e. The fourth-order valence-corrected chi connectivity index (χ4v) is 3.30. The smallest absolute Gasteiger partial charge is 0.261 e. The van der Waals surface area contributed by atoms with Gasteiger partial charge in [-0.1, -0.05) is 23.7 Å². The number of nitrogens with zero attached hydrogens (tertiary/aromatic N) is 1. The van der Waals surface area contributed by atoms with Crippen LogP contribution >= 0.6 is 23.4 Å². The van der Waals surface area contributed by atoms with Gasteiger partial charge in [-0.2, -0.15) is 0 Å². The minimum absolute atomic E-state index is 0.0708. The molecule has 0 aliphatic carbocycles. The third-order valence-electron chi connectivity index (χ3n) is 3.70. The summed E-state index contributed by atoms with van der Waals surface area (Å²) >= 11 is 6.75. The summed E-state index contributed by atoms with van der Waals surface area (Å²) in [7, 11) is 0. The first kappa shape index (κ1) is 17.5. The topological polar surface area (TPSA) is 79.3 Å². The molecule has 134 valence electrons. The molecule has 7 heteroatoms. The Kier molecular flexibility index (Phi) is 4.75. The molecular formula is C20H11ClNO4S-. The first-order valence-corrected chi connectivity index (χ1v) is 9.10. The van der Waals surface area contributed by atoms with Crippen molar-refractivity contribution in [2.75, 3.05) is 0 Å². The van der Waals surface area contributed by atoms with E-state index in [1.165, 1.54) is 6.08 Å². The average Bonchev–Trinajstić information content (AvgIpc) is 3.28. The highest BCUT2D eigenvalue weighted by atomic mass is 35.5. The van der Waals surface area contributed by atoms with E-state index in [-0.39, 0.29) is 10.1 Å². The molecule has 0 atom stereocenters. The van der Waals surface area contributed by atoms with Crippen molar-refractivity contribution >= 4 is 46.5 Å². The van der Waals surface area contributed by atoms with Gasteiger partial charge in [-0.15, -0.1) is 0 Å². The highest BCUT2D eigenvalue weighted by Gasteiger charge is 2.11. The predicted octanol–water partition coefficient (Wildman–Crippen LogP) is 4.62. The maximum Gasteiger partial charge on any atom is 0.261 e. The Morgan fingerprint density at radius 2 is 1.81 bits per heavy atom. The second kappa shape index (κ2) is 7.34. The predicted molar refractivity (Wildman–Crippen MR) is 102 cm³/mol. The Labute approximate surface area is 163 Å². The first-order valence-electron chi connectivity index (χ1n) is 7.91. The molecule has 0 fully saturated rings. The molecule has 0 bridgehead atoms. The highest BCUT2D eigenvalue weighted by molar-refractivity contribution is 8.03. The number of carboxylic acid groups (broad SMARTS) is 1. The van der Waals surface area contributed by atoms with Gasteiger partial charge in [-0.05, 0) is 66.4 Å². The zero-order chi connectivity index (χ0) is 18.8. The van der Waals surface area contributed by atoms with Crippen LogP contribution in [0.5, 0.6) is 0 Å². The summed E-state index contributed by atoms with van der Waals surface area (Å²) in [5.41, 5.74) is 2.07. The molecule has 4 aromatic rings. The van der Waals surface area contributed by atoms with Crippen molar-refractivity contribution in [1.29, 1.82) is 0 Å². The van der Waals surface area contributed by atoms with Gasteiger partial charge in [0, 0.05) is 15.5 Å². The number of carbonyl (C=O) groups is 1. The quantitative estimate of drug-likeness (QED) is 0.361. The number of oxazole rings is 1. The molecule has 0 saturated heterocycles. The highest BCUT2D eigenvalue weighted by Crippen LogP contribution is 2.31. The van der Waals surface area contributed by atoms with Crippen molar-refractivity contribution in [2.24, 2.45) is 0 Å². The maximum atomic E-state index is 11.5. The molecule has 2 aromatic carbocycles. The van der Waals surface area contributed by atoms with E-state index in [0.717, 1.165) is 17.3 Å². The number of benzene rings is 2. The molecule has 5 nitrogen and oxygen atoms in total. The number of aliphatic carboxylic acids is 1. The van der Waals surface area contributed by atoms with Crippen molar-refractivity contribution < 1.29 is 18.7 Å². The number of hydrogen-bond acceptors (Lipinski definition) is 6. The molecule has 27 heavy (non-hydrogen) atoms. The van der Waals surface area contributed by atoms with Crippen LogP contribution in [0.3, 0.4) is 0 Å². The number of fused-ring (bicyclic) bond motifs is 1. The van der Waals surface area contributed by atoms with Gasteiger partial charge in [0.05, 0.1) is 5.97 Å². The molecule has 4 rings (SSSR count). The second-order valence-corrected chi connectivity index (χ2v) is 6.98. The molecule has 0 aliphatic rings. The molecule has 0 spiro atoms. The number of carbonyl (C=O) groups excluding carboxylic acids is 1. The van der Waals surface area contributed by atoms with Crippen molar-refractivity contribution in [3.8, 4) is 11.3 Å². The SMILES string of the molecule is O=C([O-])/C(=C\c1ccc(-c2ccc(Cl)cc2)o1)Sc1nc2ccccc2o1. The molecule has 0 saturated carbocycles. The number of para-hydroxylation sites is 2. The Bertz CT molecular complexity index is 1110. The van der Waals surface area contributed by atoms with Crippen molar-refractivity contribution in [3.63, 3.8) is 0 Å². The van der Waals surface area contributed by atoms with E-state index >= 15 is 0 Å². The molecule has 0 aliphatic heterocycles. The van der Waals surface area contributed by atoms with Gasteiger partial charge in [0.25, 0.3) is 5.22 Å².